The fourth-order valence-corrected chi connectivity index (χ4v) is 4.80. The maximum absolute atomic E-state index is 14.1. The first-order valence-electron chi connectivity index (χ1n) is 14.4. The standard InChI is InChI=1S/C31H37F3N4O8/c1-20-25(26(21-9-7-10-22(17-21)38(42)43)27(29(40)44-3)28(36-20)31(32,33)34)30(41)45-16-15-37(2)14-8-13-35-18-23(39)19-46-24-11-5-4-6-12-24/h4-7,9-12,17,23,26,35-36,39H,8,13-16,18-19H2,1-3H3. The third-order valence-corrected chi connectivity index (χ3v) is 7.05. The average molecular weight is 651 g/mol. The van der Waals surface area contributed by atoms with Crippen LogP contribution in [-0.4, -0.2) is 92.7 Å². The Hall–Kier alpha value is -4.47. The summed E-state index contributed by atoms with van der Waals surface area (Å²) in [4.78, 5) is 38.6. The minimum atomic E-state index is -5.04. The zero-order chi connectivity index (χ0) is 33.9. The van der Waals surface area contributed by atoms with E-state index < -0.39 is 52.0 Å². The van der Waals surface area contributed by atoms with Gasteiger partial charge in [-0.15, -0.1) is 0 Å². The monoisotopic (exact) mass is 650 g/mol. The number of carbonyl (C=O) groups excluding carboxylic acids is 2. The molecule has 0 radical (unpaired) electrons. The van der Waals surface area contributed by atoms with E-state index in [0.717, 1.165) is 19.2 Å². The van der Waals surface area contributed by atoms with Crippen LogP contribution in [-0.2, 0) is 19.1 Å². The number of likely N-dealkylation sites (N-methyl/N-ethyl adjacent to an activating group) is 1. The molecule has 3 rings (SSSR count). The van der Waals surface area contributed by atoms with E-state index in [1.165, 1.54) is 19.1 Å². The Morgan fingerprint density at radius 1 is 1.11 bits per heavy atom. The molecule has 1 aliphatic heterocycles. The lowest BCUT2D eigenvalue weighted by molar-refractivity contribution is -0.384. The fourth-order valence-electron chi connectivity index (χ4n) is 4.80. The summed E-state index contributed by atoms with van der Waals surface area (Å²) in [5.74, 6) is -3.35. The van der Waals surface area contributed by atoms with Crippen LogP contribution in [0, 0.1) is 10.1 Å². The summed E-state index contributed by atoms with van der Waals surface area (Å²) in [5, 5.41) is 26.8. The first-order chi connectivity index (χ1) is 21.8. The van der Waals surface area contributed by atoms with Crippen molar-refractivity contribution < 1.29 is 47.0 Å². The van der Waals surface area contributed by atoms with Gasteiger partial charge in [-0.2, -0.15) is 13.2 Å². The number of nitrogens with zero attached hydrogens (tertiary/aromatic N) is 2. The second-order valence-corrected chi connectivity index (χ2v) is 10.5. The van der Waals surface area contributed by atoms with E-state index in [2.05, 4.69) is 15.4 Å². The summed E-state index contributed by atoms with van der Waals surface area (Å²) in [7, 11) is 2.69. The van der Waals surface area contributed by atoms with Crippen molar-refractivity contribution in [3.63, 3.8) is 0 Å². The van der Waals surface area contributed by atoms with Gasteiger partial charge < -0.3 is 34.9 Å². The normalized spacial score (nSPS) is 15.8. The van der Waals surface area contributed by atoms with E-state index >= 15 is 0 Å². The van der Waals surface area contributed by atoms with E-state index in [9.17, 15) is 38.0 Å². The zero-order valence-electron chi connectivity index (χ0n) is 25.6. The first-order valence-corrected chi connectivity index (χ1v) is 14.4. The van der Waals surface area contributed by atoms with Crippen molar-refractivity contribution in [2.24, 2.45) is 0 Å². The van der Waals surface area contributed by atoms with Crippen LogP contribution in [0.1, 0.15) is 24.8 Å². The second-order valence-electron chi connectivity index (χ2n) is 10.5. The van der Waals surface area contributed by atoms with E-state index in [4.69, 9.17) is 9.47 Å². The van der Waals surface area contributed by atoms with Gasteiger partial charge in [-0.05, 0) is 51.2 Å². The molecular formula is C31H37F3N4O8. The lowest BCUT2D eigenvalue weighted by Crippen LogP contribution is -2.38. The van der Waals surface area contributed by atoms with Gasteiger partial charge in [-0.25, -0.2) is 9.59 Å². The lowest BCUT2D eigenvalue weighted by atomic mass is 9.80. The molecule has 15 heteroatoms. The molecule has 0 saturated heterocycles. The molecule has 0 fully saturated rings. The van der Waals surface area contributed by atoms with E-state index in [1.807, 2.05) is 23.1 Å². The summed E-state index contributed by atoms with van der Waals surface area (Å²) < 4.78 is 57.8. The van der Waals surface area contributed by atoms with Crippen LogP contribution in [0.2, 0.25) is 0 Å². The van der Waals surface area contributed by atoms with E-state index in [0.29, 0.717) is 31.8 Å². The fraction of sp³-hybridized carbons (Fsp3) is 0.419. The Bertz CT molecular complexity index is 1430. The maximum atomic E-state index is 14.1. The number of para-hydroxylation sites is 1. The topological polar surface area (TPSA) is 152 Å². The maximum Gasteiger partial charge on any atom is 0.431 e. The molecule has 12 nitrogen and oxygen atoms in total. The van der Waals surface area contributed by atoms with Gasteiger partial charge in [0.05, 0.1) is 29.1 Å². The number of halogens is 3. The molecule has 0 spiro atoms. The van der Waals surface area contributed by atoms with E-state index in [1.54, 1.807) is 19.2 Å². The molecule has 0 saturated carbocycles. The summed E-state index contributed by atoms with van der Waals surface area (Å²) in [6.45, 7) is 3.06. The summed E-state index contributed by atoms with van der Waals surface area (Å²) in [5.41, 5.74) is -3.42. The van der Waals surface area contributed by atoms with Crippen LogP contribution >= 0.6 is 0 Å². The summed E-state index contributed by atoms with van der Waals surface area (Å²) >= 11 is 0. The molecule has 46 heavy (non-hydrogen) atoms. The van der Waals surface area contributed by atoms with Crippen LogP contribution in [0.3, 0.4) is 0 Å². The Kier molecular flexibility index (Phi) is 13.1. The number of alkyl halides is 3. The molecule has 2 aromatic carbocycles. The summed E-state index contributed by atoms with van der Waals surface area (Å²) in [6.07, 6.45) is -5.03. The molecular weight excluding hydrogens is 613 g/mol. The molecule has 0 aromatic heterocycles. The SMILES string of the molecule is COC(=O)C1=C(C(F)(F)F)NC(C)=C(C(=O)OCCN(C)CCCNCC(O)COc2ccccc2)C1c1cccc([N+](=O)[O-])c1. The Labute approximate surface area is 264 Å². The summed E-state index contributed by atoms with van der Waals surface area (Å²) in [6, 6.07) is 13.8. The first kappa shape index (κ1) is 36.0. The Morgan fingerprint density at radius 3 is 2.48 bits per heavy atom. The highest BCUT2D eigenvalue weighted by Crippen LogP contribution is 2.43. The van der Waals surface area contributed by atoms with Gasteiger partial charge in [0.15, 0.2) is 0 Å². The lowest BCUT2D eigenvalue weighted by Gasteiger charge is -2.32. The largest absolute Gasteiger partial charge is 0.491 e. The van der Waals surface area contributed by atoms with Crippen molar-refractivity contribution in [2.75, 3.05) is 53.6 Å². The van der Waals surface area contributed by atoms with Gasteiger partial charge in [-0.1, -0.05) is 30.3 Å². The number of carbonyl (C=O) groups is 2. The number of dihydropyridines is 1. The van der Waals surface area contributed by atoms with Crippen LogP contribution in [0.5, 0.6) is 5.75 Å². The van der Waals surface area contributed by atoms with Crippen molar-refractivity contribution >= 4 is 17.6 Å². The molecule has 2 aromatic rings. The molecule has 0 bridgehead atoms. The highest BCUT2D eigenvalue weighted by atomic mass is 19.4. The zero-order valence-corrected chi connectivity index (χ0v) is 25.6. The number of aliphatic hydroxyl groups is 1. The predicted molar refractivity (Wildman–Crippen MR) is 161 cm³/mol. The van der Waals surface area contributed by atoms with Gasteiger partial charge in [0.25, 0.3) is 5.69 Å². The van der Waals surface area contributed by atoms with Crippen LogP contribution in [0.15, 0.2) is 77.1 Å². The number of non-ortho nitro benzene ring substituents is 1. The number of nitrogens with one attached hydrogen (secondary N) is 2. The van der Waals surface area contributed by atoms with Gasteiger partial charge in [-0.3, -0.25) is 10.1 Å². The van der Waals surface area contributed by atoms with Crippen molar-refractivity contribution in [1.29, 1.82) is 0 Å². The number of aliphatic hydroxyl groups excluding tert-OH is 1. The highest BCUT2D eigenvalue weighted by molar-refractivity contribution is 6.00. The number of esters is 2. The van der Waals surface area contributed by atoms with Gasteiger partial charge in [0, 0.05) is 30.9 Å². The molecule has 2 unspecified atom stereocenters. The third-order valence-electron chi connectivity index (χ3n) is 7.05. The Balaban J connectivity index is 1.60. The van der Waals surface area contributed by atoms with Gasteiger partial charge in [0.1, 0.15) is 30.8 Å². The predicted octanol–water partition coefficient (Wildman–Crippen LogP) is 3.44. The average Bonchev–Trinajstić information content (AvgIpc) is 3.02. The molecule has 1 heterocycles. The number of rotatable bonds is 16. The van der Waals surface area contributed by atoms with Crippen molar-refractivity contribution in [3.05, 3.63) is 92.8 Å². The highest BCUT2D eigenvalue weighted by Gasteiger charge is 2.47. The van der Waals surface area contributed by atoms with Crippen LogP contribution in [0.25, 0.3) is 0 Å². The number of nitro benzene ring substituents is 1. The number of ether oxygens (including phenoxy) is 3. The van der Waals surface area contributed by atoms with Gasteiger partial charge >= 0.3 is 18.1 Å². The second kappa shape index (κ2) is 16.7. The quantitative estimate of drug-likeness (QED) is 0.106. The number of methoxy groups -OCH3 is 1. The van der Waals surface area contributed by atoms with Crippen molar-refractivity contribution in [1.82, 2.24) is 15.5 Å². The number of nitro groups is 1. The van der Waals surface area contributed by atoms with Crippen LogP contribution < -0.4 is 15.4 Å². The van der Waals surface area contributed by atoms with Crippen LogP contribution in [0.4, 0.5) is 18.9 Å². The number of benzene rings is 2. The molecule has 0 amide bonds. The van der Waals surface area contributed by atoms with Crippen molar-refractivity contribution in [3.8, 4) is 5.75 Å². The number of hydrogen-bond acceptors (Lipinski definition) is 11. The minimum Gasteiger partial charge on any atom is -0.491 e. The Morgan fingerprint density at radius 2 is 1.83 bits per heavy atom. The molecule has 0 aliphatic carbocycles. The molecule has 1 aliphatic rings. The number of hydrogen-bond donors (Lipinski definition) is 3. The molecule has 2 atom stereocenters. The number of allylic oxidation sites excluding steroid dienone is 2. The molecule has 3 N–H and O–H groups in total. The van der Waals surface area contributed by atoms with Gasteiger partial charge in [0.2, 0.25) is 0 Å². The molecule has 250 valence electrons. The van der Waals surface area contributed by atoms with E-state index in [-0.39, 0.29) is 36.6 Å². The minimum absolute atomic E-state index is 0.0921. The van der Waals surface area contributed by atoms with Crippen molar-refractivity contribution in [2.45, 2.75) is 31.5 Å². The third kappa shape index (κ3) is 10.0. The smallest absolute Gasteiger partial charge is 0.431 e.